The van der Waals surface area contributed by atoms with Gasteiger partial charge in [0.05, 0.1) is 16.8 Å². The van der Waals surface area contributed by atoms with Crippen molar-refractivity contribution in [2.24, 2.45) is 0 Å². The van der Waals surface area contributed by atoms with Crippen molar-refractivity contribution in [1.82, 2.24) is 10.2 Å². The van der Waals surface area contributed by atoms with E-state index in [1.54, 1.807) is 24.3 Å². The van der Waals surface area contributed by atoms with Crippen LogP contribution >= 0.6 is 0 Å². The number of hydrogen-bond acceptors (Lipinski definition) is 5. The second-order valence-electron chi connectivity index (χ2n) is 5.95. The summed E-state index contributed by atoms with van der Waals surface area (Å²) in [5.41, 5.74) is 2.76. The van der Waals surface area contributed by atoms with Crippen LogP contribution in [0.4, 0.5) is 11.4 Å². The zero-order valence-electron chi connectivity index (χ0n) is 14.8. The average Bonchev–Trinajstić information content (AvgIpc) is 3.16. The molecule has 0 spiro atoms. The molecular formula is C20H15N5O3. The minimum atomic E-state index is -0.553. The SMILES string of the molecule is Cc1ccccc1NC(=O)/C(C#N)=C/c1cn[nH]c1-c1cccc([N+](=O)[O-])c1. The molecule has 0 unspecified atom stereocenters. The average molecular weight is 373 g/mol. The molecule has 8 nitrogen and oxygen atoms in total. The molecular weight excluding hydrogens is 358 g/mol. The molecule has 0 atom stereocenters. The number of aromatic amines is 1. The summed E-state index contributed by atoms with van der Waals surface area (Å²) < 4.78 is 0. The molecule has 0 saturated heterocycles. The number of rotatable bonds is 5. The number of non-ortho nitro benzene ring substituents is 1. The smallest absolute Gasteiger partial charge is 0.270 e. The van der Waals surface area contributed by atoms with E-state index in [1.165, 1.54) is 24.4 Å². The van der Waals surface area contributed by atoms with Gasteiger partial charge >= 0.3 is 0 Å². The maximum Gasteiger partial charge on any atom is 0.270 e. The zero-order valence-corrected chi connectivity index (χ0v) is 14.8. The van der Waals surface area contributed by atoms with E-state index in [-0.39, 0.29) is 11.3 Å². The van der Waals surface area contributed by atoms with Crippen LogP contribution in [0.3, 0.4) is 0 Å². The topological polar surface area (TPSA) is 125 Å². The van der Waals surface area contributed by atoms with Crippen LogP contribution in [0.25, 0.3) is 17.3 Å². The first-order valence-corrected chi connectivity index (χ1v) is 8.26. The van der Waals surface area contributed by atoms with Gasteiger partial charge in [-0.15, -0.1) is 0 Å². The molecule has 0 aliphatic rings. The van der Waals surface area contributed by atoms with Crippen molar-refractivity contribution in [2.75, 3.05) is 5.32 Å². The van der Waals surface area contributed by atoms with Crippen molar-refractivity contribution < 1.29 is 9.72 Å². The van der Waals surface area contributed by atoms with Crippen molar-refractivity contribution in [3.8, 4) is 17.3 Å². The van der Waals surface area contributed by atoms with E-state index in [1.807, 2.05) is 25.1 Å². The largest absolute Gasteiger partial charge is 0.321 e. The fraction of sp³-hybridized carbons (Fsp3) is 0.0500. The van der Waals surface area contributed by atoms with Crippen LogP contribution < -0.4 is 5.32 Å². The molecule has 28 heavy (non-hydrogen) atoms. The van der Waals surface area contributed by atoms with Crippen LogP contribution in [0.1, 0.15) is 11.1 Å². The lowest BCUT2D eigenvalue weighted by Crippen LogP contribution is -2.14. The number of benzene rings is 2. The highest BCUT2D eigenvalue weighted by atomic mass is 16.6. The molecule has 1 heterocycles. The molecule has 0 bridgehead atoms. The number of nitro benzene ring substituents is 1. The normalized spacial score (nSPS) is 10.9. The summed E-state index contributed by atoms with van der Waals surface area (Å²) in [5.74, 6) is -0.553. The fourth-order valence-electron chi connectivity index (χ4n) is 2.62. The Morgan fingerprint density at radius 2 is 2.07 bits per heavy atom. The molecule has 8 heteroatoms. The highest BCUT2D eigenvalue weighted by Gasteiger charge is 2.15. The van der Waals surface area contributed by atoms with E-state index in [9.17, 15) is 20.2 Å². The summed E-state index contributed by atoms with van der Waals surface area (Å²) in [6, 6.07) is 15.1. The highest BCUT2D eigenvalue weighted by Crippen LogP contribution is 2.26. The summed E-state index contributed by atoms with van der Waals surface area (Å²) in [6.07, 6.45) is 2.85. The predicted molar refractivity (Wildman–Crippen MR) is 104 cm³/mol. The minimum Gasteiger partial charge on any atom is -0.321 e. The van der Waals surface area contributed by atoms with Crippen LogP contribution in [-0.2, 0) is 4.79 Å². The van der Waals surface area contributed by atoms with Crippen molar-refractivity contribution in [1.29, 1.82) is 5.26 Å². The molecule has 3 aromatic rings. The van der Waals surface area contributed by atoms with Gasteiger partial charge in [-0.2, -0.15) is 10.4 Å². The van der Waals surface area contributed by atoms with E-state index >= 15 is 0 Å². The van der Waals surface area contributed by atoms with E-state index in [0.717, 1.165) is 5.56 Å². The van der Waals surface area contributed by atoms with Gasteiger partial charge < -0.3 is 5.32 Å². The number of hydrogen-bond donors (Lipinski definition) is 2. The summed E-state index contributed by atoms with van der Waals surface area (Å²) in [4.78, 5) is 23.0. The van der Waals surface area contributed by atoms with Crippen LogP contribution in [-0.4, -0.2) is 21.0 Å². The molecule has 2 aromatic carbocycles. The number of nitrogens with one attached hydrogen (secondary N) is 2. The van der Waals surface area contributed by atoms with Gasteiger partial charge in [0.1, 0.15) is 11.6 Å². The first-order valence-electron chi connectivity index (χ1n) is 8.26. The van der Waals surface area contributed by atoms with Gasteiger partial charge in [0.15, 0.2) is 0 Å². The van der Waals surface area contributed by atoms with Gasteiger partial charge in [0.2, 0.25) is 0 Å². The number of amides is 1. The molecule has 0 aliphatic carbocycles. The Morgan fingerprint density at radius 1 is 1.29 bits per heavy atom. The van der Waals surface area contributed by atoms with Crippen molar-refractivity contribution >= 4 is 23.4 Å². The summed E-state index contributed by atoms with van der Waals surface area (Å²) in [7, 11) is 0. The molecule has 1 aromatic heterocycles. The highest BCUT2D eigenvalue weighted by molar-refractivity contribution is 6.10. The number of nitrogens with zero attached hydrogens (tertiary/aromatic N) is 3. The Hall–Kier alpha value is -4.25. The minimum absolute atomic E-state index is 0.0696. The van der Waals surface area contributed by atoms with Gasteiger partial charge in [-0.25, -0.2) is 0 Å². The number of carbonyl (C=O) groups excluding carboxylic acids is 1. The quantitative estimate of drug-likeness (QED) is 0.304. The van der Waals surface area contributed by atoms with E-state index in [4.69, 9.17) is 0 Å². The molecule has 1 amide bonds. The van der Waals surface area contributed by atoms with Crippen molar-refractivity contribution in [3.63, 3.8) is 0 Å². The van der Waals surface area contributed by atoms with E-state index in [0.29, 0.717) is 22.5 Å². The predicted octanol–water partition coefficient (Wildman–Crippen LogP) is 3.84. The Labute approximate surface area is 160 Å². The van der Waals surface area contributed by atoms with Gasteiger partial charge in [-0.05, 0) is 24.6 Å². The first-order chi connectivity index (χ1) is 13.5. The Kier molecular flexibility index (Phi) is 5.28. The van der Waals surface area contributed by atoms with Crippen molar-refractivity contribution in [2.45, 2.75) is 6.92 Å². The maximum absolute atomic E-state index is 12.5. The summed E-state index contributed by atoms with van der Waals surface area (Å²) in [6.45, 7) is 1.85. The molecule has 3 rings (SSSR count). The standard InChI is InChI=1S/C20H15N5O3/c1-13-5-2-3-8-18(13)23-20(26)15(11-21)9-16-12-22-24-19(16)14-6-4-7-17(10-14)25(27)28/h2-10,12H,1H3,(H,22,24)(H,23,26)/b15-9+. The van der Waals surface area contributed by atoms with Gasteiger partial charge in [0, 0.05) is 28.9 Å². The number of para-hydroxylation sites is 1. The Morgan fingerprint density at radius 3 is 2.79 bits per heavy atom. The third-order valence-electron chi connectivity index (χ3n) is 4.07. The number of nitriles is 1. The maximum atomic E-state index is 12.5. The summed E-state index contributed by atoms with van der Waals surface area (Å²) >= 11 is 0. The number of anilines is 1. The molecule has 0 aliphatic heterocycles. The molecule has 0 fully saturated rings. The lowest BCUT2D eigenvalue weighted by atomic mass is 10.1. The Balaban J connectivity index is 1.93. The van der Waals surface area contributed by atoms with Gasteiger partial charge in [-0.1, -0.05) is 30.3 Å². The molecule has 0 radical (unpaired) electrons. The molecule has 138 valence electrons. The number of carbonyl (C=O) groups is 1. The van der Waals surface area contributed by atoms with E-state index in [2.05, 4.69) is 15.5 Å². The third-order valence-corrected chi connectivity index (χ3v) is 4.07. The van der Waals surface area contributed by atoms with Crippen LogP contribution in [0.5, 0.6) is 0 Å². The number of H-pyrrole nitrogens is 1. The zero-order chi connectivity index (χ0) is 20.1. The lowest BCUT2D eigenvalue weighted by molar-refractivity contribution is -0.384. The molecule has 0 saturated carbocycles. The summed E-state index contributed by atoms with van der Waals surface area (Å²) in [5, 5.41) is 29.8. The lowest BCUT2D eigenvalue weighted by Gasteiger charge is -2.07. The first kappa shape index (κ1) is 18.5. The number of aryl methyl sites for hydroxylation is 1. The van der Waals surface area contributed by atoms with Crippen LogP contribution in [0, 0.1) is 28.4 Å². The monoisotopic (exact) mass is 373 g/mol. The second kappa shape index (κ2) is 7.97. The van der Waals surface area contributed by atoms with Crippen molar-refractivity contribution in [3.05, 3.63) is 81.5 Å². The number of aromatic nitrogens is 2. The van der Waals surface area contributed by atoms with Crippen LogP contribution in [0.2, 0.25) is 0 Å². The second-order valence-corrected chi connectivity index (χ2v) is 5.95. The van der Waals surface area contributed by atoms with Crippen LogP contribution in [0.15, 0.2) is 60.3 Å². The number of nitro groups is 1. The van der Waals surface area contributed by atoms with Gasteiger partial charge in [-0.3, -0.25) is 20.0 Å². The third kappa shape index (κ3) is 3.94. The van der Waals surface area contributed by atoms with E-state index < -0.39 is 10.8 Å². The fourth-order valence-corrected chi connectivity index (χ4v) is 2.62. The van der Waals surface area contributed by atoms with Gasteiger partial charge in [0.25, 0.3) is 11.6 Å². The molecule has 2 N–H and O–H groups in total. The Bertz CT molecular complexity index is 1120.